The molecule has 1 aliphatic rings. The summed E-state index contributed by atoms with van der Waals surface area (Å²) in [4.78, 5) is 24.3. The zero-order chi connectivity index (χ0) is 12.7. The molecular weight excluding hydrogens is 224 g/mol. The zero-order valence-electron chi connectivity index (χ0n) is 10.4. The Hall–Kier alpha value is -1.30. The highest BCUT2D eigenvalue weighted by Gasteiger charge is 2.22. The van der Waals surface area contributed by atoms with Gasteiger partial charge in [-0.3, -0.25) is 4.79 Å². The average molecular weight is 244 g/mol. The number of ether oxygens (including phenoxy) is 2. The second kappa shape index (κ2) is 7.11. The third-order valence-electron chi connectivity index (χ3n) is 2.76. The molecule has 98 valence electrons. The summed E-state index contributed by atoms with van der Waals surface area (Å²) >= 11 is 0. The fraction of sp³-hybridized carbons (Fsp3) is 0.818. The number of methoxy groups -OCH3 is 1. The fourth-order valence-corrected chi connectivity index (χ4v) is 1.80. The molecule has 6 nitrogen and oxygen atoms in total. The molecule has 17 heavy (non-hydrogen) atoms. The number of esters is 1. The predicted octanol–water partition coefficient (Wildman–Crippen LogP) is 0.370. The number of rotatable bonds is 5. The van der Waals surface area contributed by atoms with Gasteiger partial charge >= 0.3 is 12.0 Å². The molecule has 1 N–H and O–H groups in total. The lowest BCUT2D eigenvalue weighted by atomic mass is 10.2. The molecule has 0 spiro atoms. The molecule has 0 aromatic heterocycles. The van der Waals surface area contributed by atoms with Crippen LogP contribution in [0.1, 0.15) is 19.3 Å². The number of hydrogen-bond acceptors (Lipinski definition) is 4. The quantitative estimate of drug-likeness (QED) is 0.709. The molecule has 0 radical (unpaired) electrons. The van der Waals surface area contributed by atoms with E-state index >= 15 is 0 Å². The van der Waals surface area contributed by atoms with E-state index in [9.17, 15) is 9.59 Å². The van der Waals surface area contributed by atoms with E-state index in [0.717, 1.165) is 19.4 Å². The van der Waals surface area contributed by atoms with Crippen LogP contribution in [0, 0.1) is 0 Å². The van der Waals surface area contributed by atoms with Crippen molar-refractivity contribution in [3.05, 3.63) is 0 Å². The van der Waals surface area contributed by atoms with Gasteiger partial charge in [0.2, 0.25) is 0 Å². The summed E-state index contributed by atoms with van der Waals surface area (Å²) in [6.45, 7) is 1.63. The highest BCUT2D eigenvalue weighted by atomic mass is 16.5. The van der Waals surface area contributed by atoms with E-state index in [4.69, 9.17) is 4.74 Å². The molecule has 1 atom stereocenters. The van der Waals surface area contributed by atoms with E-state index in [2.05, 4.69) is 10.1 Å². The van der Waals surface area contributed by atoms with E-state index in [1.54, 1.807) is 11.9 Å². The van der Waals surface area contributed by atoms with Crippen LogP contribution in [0.5, 0.6) is 0 Å². The van der Waals surface area contributed by atoms with Crippen LogP contribution < -0.4 is 5.32 Å². The Labute approximate surface area is 101 Å². The van der Waals surface area contributed by atoms with Gasteiger partial charge in [0.05, 0.1) is 19.6 Å². The van der Waals surface area contributed by atoms with Crippen molar-refractivity contribution in [1.29, 1.82) is 0 Å². The molecule has 1 rings (SSSR count). The third-order valence-corrected chi connectivity index (χ3v) is 2.76. The van der Waals surface area contributed by atoms with Gasteiger partial charge in [0.1, 0.15) is 0 Å². The minimum atomic E-state index is -0.314. The first-order chi connectivity index (χ1) is 8.17. The molecule has 0 aromatic carbocycles. The molecule has 1 aliphatic heterocycles. The Kier molecular flexibility index (Phi) is 5.76. The molecule has 2 amide bonds. The Bertz CT molecular complexity index is 264. The predicted molar refractivity (Wildman–Crippen MR) is 61.6 cm³/mol. The highest BCUT2D eigenvalue weighted by Crippen LogP contribution is 2.13. The van der Waals surface area contributed by atoms with E-state index in [-0.39, 0.29) is 24.5 Å². The fourth-order valence-electron chi connectivity index (χ4n) is 1.80. The van der Waals surface area contributed by atoms with Gasteiger partial charge in [0, 0.05) is 26.7 Å². The summed E-state index contributed by atoms with van der Waals surface area (Å²) in [6, 6.07) is -0.190. The first-order valence-corrected chi connectivity index (χ1v) is 5.82. The summed E-state index contributed by atoms with van der Waals surface area (Å²) in [5.74, 6) is -0.314. The van der Waals surface area contributed by atoms with Crippen LogP contribution in [0.25, 0.3) is 0 Å². The molecule has 0 aromatic rings. The first-order valence-electron chi connectivity index (χ1n) is 5.82. The van der Waals surface area contributed by atoms with Crippen molar-refractivity contribution in [2.45, 2.75) is 25.4 Å². The van der Waals surface area contributed by atoms with Gasteiger partial charge in [0.25, 0.3) is 0 Å². The lowest BCUT2D eigenvalue weighted by Gasteiger charge is -2.24. The van der Waals surface area contributed by atoms with Crippen molar-refractivity contribution in [2.24, 2.45) is 0 Å². The van der Waals surface area contributed by atoms with Gasteiger partial charge < -0.3 is 19.7 Å². The number of urea groups is 1. The maximum absolute atomic E-state index is 11.6. The van der Waals surface area contributed by atoms with Gasteiger partial charge in [-0.1, -0.05) is 0 Å². The van der Waals surface area contributed by atoms with E-state index in [1.165, 1.54) is 7.11 Å². The van der Waals surface area contributed by atoms with Crippen LogP contribution in [0.2, 0.25) is 0 Å². The summed E-state index contributed by atoms with van der Waals surface area (Å²) in [5, 5.41) is 2.56. The van der Waals surface area contributed by atoms with Crippen LogP contribution in [0.3, 0.4) is 0 Å². The largest absolute Gasteiger partial charge is 0.469 e. The number of carbonyl (C=O) groups is 2. The van der Waals surface area contributed by atoms with E-state index in [0.29, 0.717) is 13.1 Å². The van der Waals surface area contributed by atoms with Gasteiger partial charge in [-0.15, -0.1) is 0 Å². The van der Waals surface area contributed by atoms with E-state index in [1.807, 2.05) is 0 Å². The maximum Gasteiger partial charge on any atom is 0.317 e. The third kappa shape index (κ3) is 4.60. The van der Waals surface area contributed by atoms with Crippen molar-refractivity contribution < 1.29 is 19.1 Å². The van der Waals surface area contributed by atoms with Gasteiger partial charge in [-0.25, -0.2) is 4.79 Å². The topological polar surface area (TPSA) is 67.9 Å². The van der Waals surface area contributed by atoms with Crippen molar-refractivity contribution >= 4 is 12.0 Å². The lowest BCUT2D eigenvalue weighted by Crippen LogP contribution is -2.43. The maximum atomic E-state index is 11.6. The standard InChI is InChI=1S/C11H20N2O4/c1-12-11(15)13(6-5-10(14)16-2)8-9-4-3-7-17-9/h9H,3-8H2,1-2H3,(H,12,15). The van der Waals surface area contributed by atoms with Crippen LogP contribution in [-0.4, -0.2) is 56.9 Å². The van der Waals surface area contributed by atoms with Crippen molar-refractivity contribution in [3.63, 3.8) is 0 Å². The van der Waals surface area contributed by atoms with Gasteiger partial charge in [0.15, 0.2) is 0 Å². The molecule has 1 fully saturated rings. The smallest absolute Gasteiger partial charge is 0.317 e. The summed E-state index contributed by atoms with van der Waals surface area (Å²) in [7, 11) is 2.91. The van der Waals surface area contributed by atoms with Gasteiger partial charge in [-0.05, 0) is 12.8 Å². The number of carbonyl (C=O) groups excluding carboxylic acids is 2. The Balaban J connectivity index is 2.41. The van der Waals surface area contributed by atoms with Crippen LogP contribution in [-0.2, 0) is 14.3 Å². The van der Waals surface area contributed by atoms with Crippen molar-refractivity contribution in [2.75, 3.05) is 33.9 Å². The van der Waals surface area contributed by atoms with Crippen molar-refractivity contribution in [1.82, 2.24) is 10.2 Å². The van der Waals surface area contributed by atoms with Crippen LogP contribution in [0.4, 0.5) is 4.79 Å². The van der Waals surface area contributed by atoms with Gasteiger partial charge in [-0.2, -0.15) is 0 Å². The van der Waals surface area contributed by atoms with Crippen molar-refractivity contribution in [3.8, 4) is 0 Å². The first kappa shape index (κ1) is 13.8. The highest BCUT2D eigenvalue weighted by molar-refractivity contribution is 5.75. The monoisotopic (exact) mass is 244 g/mol. The number of nitrogens with one attached hydrogen (secondary N) is 1. The van der Waals surface area contributed by atoms with Crippen LogP contribution >= 0.6 is 0 Å². The summed E-state index contributed by atoms with van der Waals surface area (Å²) < 4.78 is 10.0. The number of nitrogens with zero attached hydrogens (tertiary/aromatic N) is 1. The minimum Gasteiger partial charge on any atom is -0.469 e. The Morgan fingerprint density at radius 3 is 2.82 bits per heavy atom. The Morgan fingerprint density at radius 2 is 2.29 bits per heavy atom. The minimum absolute atomic E-state index is 0.0879. The summed E-state index contributed by atoms with van der Waals surface area (Å²) in [5.41, 5.74) is 0. The zero-order valence-corrected chi connectivity index (χ0v) is 10.4. The average Bonchev–Trinajstić information content (AvgIpc) is 2.85. The molecule has 0 bridgehead atoms. The molecular formula is C11H20N2O4. The number of hydrogen-bond donors (Lipinski definition) is 1. The van der Waals surface area contributed by atoms with E-state index < -0.39 is 0 Å². The Morgan fingerprint density at radius 1 is 1.53 bits per heavy atom. The normalized spacial score (nSPS) is 18.8. The van der Waals surface area contributed by atoms with Crippen LogP contribution in [0.15, 0.2) is 0 Å². The summed E-state index contributed by atoms with van der Waals surface area (Å²) in [6.07, 6.45) is 2.29. The second-order valence-electron chi connectivity index (χ2n) is 3.96. The molecule has 0 aliphatic carbocycles. The molecule has 1 unspecified atom stereocenters. The SMILES string of the molecule is CNC(=O)N(CCC(=O)OC)CC1CCCO1. The lowest BCUT2D eigenvalue weighted by molar-refractivity contribution is -0.140. The molecule has 1 saturated heterocycles. The molecule has 1 heterocycles. The molecule has 0 saturated carbocycles. The number of amides is 2. The second-order valence-corrected chi connectivity index (χ2v) is 3.96. The molecule has 6 heteroatoms.